The monoisotopic (exact) mass is 519 g/mol. The van der Waals surface area contributed by atoms with E-state index in [0.717, 1.165) is 18.4 Å². The maximum atomic E-state index is 13.8. The Labute approximate surface area is 221 Å². The van der Waals surface area contributed by atoms with E-state index in [1.807, 2.05) is 36.4 Å². The summed E-state index contributed by atoms with van der Waals surface area (Å²) in [5.41, 5.74) is 0.876. The second-order valence-electron chi connectivity index (χ2n) is 10.1. The highest BCUT2D eigenvalue weighted by Gasteiger charge is 2.52. The number of cyclic esters (lactones) is 1. The zero-order valence-corrected chi connectivity index (χ0v) is 21.5. The standard InChI is InChI=1S/C29H33N3O6/c1-20(7-4-13-26(34)30-14-6-10-23(30)19-33)29(37)24-11-2-3-12-25(24)32(27(29)35)18-21-8-5-9-22(17-21)31-15-16-38-28(31)36/h2-5,7-9,11-12,17,20,23,33,37H,6,10,13-16,18-19H2,1H3/b7-4+/t20-,23+,29+/m1/s1. The number of amides is 3. The number of rotatable bonds is 8. The lowest BCUT2D eigenvalue weighted by molar-refractivity contribution is -0.139. The van der Waals surface area contributed by atoms with Crippen molar-refractivity contribution >= 4 is 29.3 Å². The van der Waals surface area contributed by atoms with Crippen LogP contribution in [0.4, 0.5) is 16.2 Å². The van der Waals surface area contributed by atoms with Gasteiger partial charge in [0.25, 0.3) is 5.91 Å². The molecule has 0 saturated carbocycles. The summed E-state index contributed by atoms with van der Waals surface area (Å²) in [7, 11) is 0. The number of carbonyl (C=O) groups excluding carboxylic acids is 3. The summed E-state index contributed by atoms with van der Waals surface area (Å²) in [4.78, 5) is 43.3. The van der Waals surface area contributed by atoms with E-state index in [9.17, 15) is 24.6 Å². The van der Waals surface area contributed by atoms with Crippen LogP contribution in [0.1, 0.15) is 37.3 Å². The van der Waals surface area contributed by atoms with Crippen LogP contribution in [0, 0.1) is 5.92 Å². The number of benzene rings is 2. The van der Waals surface area contributed by atoms with Gasteiger partial charge < -0.3 is 24.7 Å². The Balaban J connectivity index is 1.34. The molecule has 0 unspecified atom stereocenters. The molecule has 2 N–H and O–H groups in total. The molecule has 2 aromatic carbocycles. The summed E-state index contributed by atoms with van der Waals surface area (Å²) >= 11 is 0. The Morgan fingerprint density at radius 2 is 2.00 bits per heavy atom. The molecule has 3 aliphatic rings. The quantitative estimate of drug-likeness (QED) is 0.519. The molecular weight excluding hydrogens is 486 g/mol. The molecule has 38 heavy (non-hydrogen) atoms. The molecule has 0 radical (unpaired) electrons. The van der Waals surface area contributed by atoms with Crippen LogP contribution in [0.5, 0.6) is 0 Å². The van der Waals surface area contributed by atoms with E-state index in [1.54, 1.807) is 45.9 Å². The van der Waals surface area contributed by atoms with Crippen molar-refractivity contribution in [2.45, 2.75) is 44.4 Å². The normalized spacial score (nSPS) is 23.9. The van der Waals surface area contributed by atoms with Crippen LogP contribution in [0.2, 0.25) is 0 Å². The first-order valence-electron chi connectivity index (χ1n) is 13.1. The Morgan fingerprint density at radius 1 is 1.18 bits per heavy atom. The lowest BCUT2D eigenvalue weighted by Crippen LogP contribution is -2.44. The first-order chi connectivity index (χ1) is 18.3. The SMILES string of the molecule is C[C@H](/C=C/CC(=O)N1CCC[C@H]1CO)[C@@]1(O)C(=O)N(Cc2cccc(N3CCOC3=O)c2)c2ccccc21. The predicted octanol–water partition coefficient (Wildman–Crippen LogP) is 2.94. The van der Waals surface area contributed by atoms with Gasteiger partial charge in [-0.05, 0) is 36.6 Å². The number of fused-ring (bicyclic) bond motifs is 1. The Hall–Kier alpha value is -3.69. The van der Waals surface area contributed by atoms with E-state index in [0.29, 0.717) is 36.6 Å². The number of hydrogen-bond donors (Lipinski definition) is 2. The molecule has 2 saturated heterocycles. The molecule has 0 bridgehead atoms. The minimum atomic E-state index is -1.78. The molecule has 200 valence electrons. The van der Waals surface area contributed by atoms with Gasteiger partial charge in [-0.3, -0.25) is 14.5 Å². The van der Waals surface area contributed by atoms with E-state index >= 15 is 0 Å². The van der Waals surface area contributed by atoms with E-state index < -0.39 is 23.5 Å². The predicted molar refractivity (Wildman–Crippen MR) is 141 cm³/mol. The fourth-order valence-corrected chi connectivity index (χ4v) is 5.68. The van der Waals surface area contributed by atoms with Crippen LogP contribution in [-0.4, -0.2) is 65.4 Å². The third-order valence-electron chi connectivity index (χ3n) is 7.78. The highest BCUT2D eigenvalue weighted by atomic mass is 16.6. The maximum Gasteiger partial charge on any atom is 0.414 e. The van der Waals surface area contributed by atoms with E-state index in [4.69, 9.17) is 4.74 Å². The van der Waals surface area contributed by atoms with Gasteiger partial charge >= 0.3 is 6.09 Å². The molecule has 3 heterocycles. The number of anilines is 2. The van der Waals surface area contributed by atoms with Crippen molar-refractivity contribution in [1.29, 1.82) is 0 Å². The van der Waals surface area contributed by atoms with Crippen molar-refractivity contribution in [1.82, 2.24) is 4.90 Å². The van der Waals surface area contributed by atoms with Crippen molar-refractivity contribution in [3.63, 3.8) is 0 Å². The van der Waals surface area contributed by atoms with E-state index in [-0.39, 0.29) is 31.5 Å². The molecular formula is C29H33N3O6. The molecule has 2 aromatic rings. The largest absolute Gasteiger partial charge is 0.447 e. The lowest BCUT2D eigenvalue weighted by atomic mass is 9.83. The van der Waals surface area contributed by atoms with Gasteiger partial charge in [0.2, 0.25) is 5.91 Å². The number of aliphatic hydroxyl groups excluding tert-OH is 1. The van der Waals surface area contributed by atoms with Gasteiger partial charge in [0, 0.05) is 30.1 Å². The lowest BCUT2D eigenvalue weighted by Gasteiger charge is -2.28. The Morgan fingerprint density at radius 3 is 2.76 bits per heavy atom. The molecule has 3 atom stereocenters. The number of likely N-dealkylation sites (tertiary alicyclic amines) is 1. The van der Waals surface area contributed by atoms with Crippen LogP contribution >= 0.6 is 0 Å². The molecule has 3 aliphatic heterocycles. The topological polar surface area (TPSA) is 111 Å². The van der Waals surface area contributed by atoms with Crippen LogP contribution in [-0.2, 0) is 26.5 Å². The van der Waals surface area contributed by atoms with Gasteiger partial charge in [-0.25, -0.2) is 4.79 Å². The van der Waals surface area contributed by atoms with Gasteiger partial charge in [0.15, 0.2) is 5.60 Å². The number of carbonyl (C=O) groups is 3. The van der Waals surface area contributed by atoms with Crippen molar-refractivity contribution in [2.24, 2.45) is 5.92 Å². The molecule has 2 fully saturated rings. The van der Waals surface area contributed by atoms with Crippen LogP contribution in [0.15, 0.2) is 60.7 Å². The van der Waals surface area contributed by atoms with Crippen molar-refractivity contribution in [2.75, 3.05) is 36.1 Å². The zero-order valence-electron chi connectivity index (χ0n) is 21.5. The second kappa shape index (κ2) is 10.6. The first-order valence-corrected chi connectivity index (χ1v) is 13.1. The molecule has 9 heteroatoms. The van der Waals surface area contributed by atoms with E-state index in [1.165, 1.54) is 0 Å². The third-order valence-corrected chi connectivity index (χ3v) is 7.78. The number of para-hydroxylation sites is 1. The fourth-order valence-electron chi connectivity index (χ4n) is 5.68. The van der Waals surface area contributed by atoms with E-state index in [2.05, 4.69) is 0 Å². The molecule has 3 amide bonds. The minimum absolute atomic E-state index is 0.0439. The summed E-state index contributed by atoms with van der Waals surface area (Å²) in [6, 6.07) is 14.5. The highest BCUT2D eigenvalue weighted by Crippen LogP contribution is 2.45. The van der Waals surface area contributed by atoms with Crippen molar-refractivity contribution < 1.29 is 29.3 Å². The summed E-state index contributed by atoms with van der Waals surface area (Å²) in [5.74, 6) is -1.10. The third kappa shape index (κ3) is 4.56. The number of aliphatic hydroxyl groups is 2. The van der Waals surface area contributed by atoms with Crippen molar-refractivity contribution in [3.05, 3.63) is 71.8 Å². The molecule has 0 aromatic heterocycles. The zero-order chi connectivity index (χ0) is 26.9. The van der Waals surface area contributed by atoms with Crippen molar-refractivity contribution in [3.8, 4) is 0 Å². The number of nitrogens with zero attached hydrogens (tertiary/aromatic N) is 3. The summed E-state index contributed by atoms with van der Waals surface area (Å²) in [5, 5.41) is 21.3. The molecule has 5 rings (SSSR count). The summed E-state index contributed by atoms with van der Waals surface area (Å²) < 4.78 is 5.05. The molecule has 9 nitrogen and oxygen atoms in total. The smallest absolute Gasteiger partial charge is 0.414 e. The van der Waals surface area contributed by atoms with Gasteiger partial charge in [-0.15, -0.1) is 0 Å². The van der Waals surface area contributed by atoms with Gasteiger partial charge in [-0.2, -0.15) is 0 Å². The van der Waals surface area contributed by atoms with Crippen LogP contribution in [0.3, 0.4) is 0 Å². The van der Waals surface area contributed by atoms with Gasteiger partial charge in [-0.1, -0.05) is 49.4 Å². The summed E-state index contributed by atoms with van der Waals surface area (Å²) in [6.07, 6.45) is 4.85. The molecule has 0 spiro atoms. The Bertz CT molecular complexity index is 1260. The van der Waals surface area contributed by atoms with Crippen LogP contribution in [0.25, 0.3) is 0 Å². The fraction of sp³-hybridized carbons (Fsp3) is 0.414. The maximum absolute atomic E-state index is 13.8. The van der Waals surface area contributed by atoms with Crippen LogP contribution < -0.4 is 9.80 Å². The number of hydrogen-bond acceptors (Lipinski definition) is 6. The second-order valence-corrected chi connectivity index (χ2v) is 10.1. The average Bonchev–Trinajstić information content (AvgIpc) is 3.64. The Kier molecular flexibility index (Phi) is 7.23. The average molecular weight is 520 g/mol. The molecule has 0 aliphatic carbocycles. The van der Waals surface area contributed by atoms with Gasteiger partial charge in [0.1, 0.15) is 6.61 Å². The highest BCUT2D eigenvalue weighted by molar-refractivity contribution is 6.07. The number of ether oxygens (including phenoxy) is 1. The minimum Gasteiger partial charge on any atom is -0.447 e. The van der Waals surface area contributed by atoms with Gasteiger partial charge in [0.05, 0.1) is 31.4 Å². The summed E-state index contributed by atoms with van der Waals surface area (Å²) in [6.45, 7) is 3.39. The first kappa shape index (κ1) is 25.9.